The molecule has 0 spiro atoms. The molecule has 0 aliphatic rings. The molecule has 0 amide bonds. The van der Waals surface area contributed by atoms with E-state index >= 15 is 0 Å². The van der Waals surface area contributed by atoms with Gasteiger partial charge in [0, 0.05) is 0 Å². The summed E-state index contributed by atoms with van der Waals surface area (Å²) in [6, 6.07) is 10.8. The van der Waals surface area contributed by atoms with Gasteiger partial charge in [-0.1, -0.05) is 6.07 Å². The van der Waals surface area contributed by atoms with E-state index in [-0.39, 0.29) is 12.4 Å². The number of H-pyrrole nitrogens is 1. The van der Waals surface area contributed by atoms with Crippen molar-refractivity contribution >= 4 is 0 Å². The SMILES string of the molecule is CCOc1ccc([C@H](N)c2n[nH]c(COc3ccc(F)cc3)n2)cc1OCC. The highest BCUT2D eigenvalue weighted by molar-refractivity contribution is 5.44. The van der Waals surface area contributed by atoms with Gasteiger partial charge in [0.2, 0.25) is 0 Å². The molecule has 1 heterocycles. The number of halogens is 1. The molecule has 0 radical (unpaired) electrons. The molecule has 7 nitrogen and oxygen atoms in total. The van der Waals surface area contributed by atoms with E-state index < -0.39 is 6.04 Å². The first-order valence-electron chi connectivity index (χ1n) is 9.05. The Labute approximate surface area is 162 Å². The van der Waals surface area contributed by atoms with Crippen LogP contribution in [0, 0.1) is 5.82 Å². The van der Waals surface area contributed by atoms with Crippen LogP contribution in [0.4, 0.5) is 4.39 Å². The van der Waals surface area contributed by atoms with Gasteiger partial charge in [-0.05, 0) is 55.8 Å². The van der Waals surface area contributed by atoms with E-state index in [0.717, 1.165) is 5.56 Å². The Morgan fingerprint density at radius 1 is 1.00 bits per heavy atom. The van der Waals surface area contributed by atoms with Crippen molar-refractivity contribution in [1.82, 2.24) is 15.2 Å². The number of aromatic nitrogens is 3. The molecule has 0 aliphatic heterocycles. The smallest absolute Gasteiger partial charge is 0.172 e. The summed E-state index contributed by atoms with van der Waals surface area (Å²) in [6.45, 7) is 5.05. The van der Waals surface area contributed by atoms with E-state index in [1.807, 2.05) is 32.0 Å². The highest BCUT2D eigenvalue weighted by atomic mass is 19.1. The third-order valence-electron chi connectivity index (χ3n) is 3.94. The fourth-order valence-corrected chi connectivity index (χ4v) is 2.61. The molecular weight excluding hydrogens is 363 g/mol. The predicted molar refractivity (Wildman–Crippen MR) is 102 cm³/mol. The van der Waals surface area contributed by atoms with Gasteiger partial charge in [0.05, 0.1) is 19.3 Å². The van der Waals surface area contributed by atoms with Crippen LogP contribution in [0.2, 0.25) is 0 Å². The van der Waals surface area contributed by atoms with Gasteiger partial charge in [0.25, 0.3) is 0 Å². The van der Waals surface area contributed by atoms with Crippen LogP contribution in [-0.2, 0) is 6.61 Å². The summed E-state index contributed by atoms with van der Waals surface area (Å²) in [5, 5.41) is 6.99. The summed E-state index contributed by atoms with van der Waals surface area (Å²) in [5.74, 6) is 2.48. The Bertz CT molecular complexity index is 899. The van der Waals surface area contributed by atoms with Gasteiger partial charge in [-0.25, -0.2) is 9.37 Å². The lowest BCUT2D eigenvalue weighted by Crippen LogP contribution is -2.14. The lowest BCUT2D eigenvalue weighted by molar-refractivity contribution is 0.287. The highest BCUT2D eigenvalue weighted by Crippen LogP contribution is 2.31. The summed E-state index contributed by atoms with van der Waals surface area (Å²) in [5.41, 5.74) is 7.12. The summed E-state index contributed by atoms with van der Waals surface area (Å²) < 4.78 is 29.7. The zero-order valence-electron chi connectivity index (χ0n) is 15.8. The van der Waals surface area contributed by atoms with Crippen molar-refractivity contribution in [3.63, 3.8) is 0 Å². The number of rotatable bonds is 9. The van der Waals surface area contributed by atoms with Crippen molar-refractivity contribution < 1.29 is 18.6 Å². The largest absolute Gasteiger partial charge is 0.490 e. The van der Waals surface area contributed by atoms with E-state index in [1.165, 1.54) is 12.1 Å². The molecule has 3 N–H and O–H groups in total. The topological polar surface area (TPSA) is 95.3 Å². The van der Waals surface area contributed by atoms with Gasteiger partial charge in [-0.2, -0.15) is 5.10 Å². The first-order valence-corrected chi connectivity index (χ1v) is 9.05. The molecule has 3 rings (SSSR count). The van der Waals surface area contributed by atoms with E-state index in [9.17, 15) is 4.39 Å². The molecule has 2 aromatic carbocycles. The molecule has 8 heteroatoms. The summed E-state index contributed by atoms with van der Waals surface area (Å²) in [4.78, 5) is 4.39. The number of benzene rings is 2. The number of hydrogen-bond donors (Lipinski definition) is 2. The van der Waals surface area contributed by atoms with Crippen molar-refractivity contribution in [3.8, 4) is 17.2 Å². The Hall–Kier alpha value is -3.13. The second-order valence-corrected chi connectivity index (χ2v) is 5.93. The maximum Gasteiger partial charge on any atom is 0.172 e. The van der Waals surface area contributed by atoms with Crippen molar-refractivity contribution in [2.24, 2.45) is 5.73 Å². The van der Waals surface area contributed by atoms with E-state index in [0.29, 0.717) is 42.1 Å². The molecule has 1 atom stereocenters. The van der Waals surface area contributed by atoms with Crippen molar-refractivity contribution in [3.05, 3.63) is 65.5 Å². The van der Waals surface area contributed by atoms with Gasteiger partial charge in [-0.15, -0.1) is 0 Å². The quantitative estimate of drug-likeness (QED) is 0.585. The highest BCUT2D eigenvalue weighted by Gasteiger charge is 2.17. The third-order valence-corrected chi connectivity index (χ3v) is 3.94. The van der Waals surface area contributed by atoms with Crippen LogP contribution in [0.15, 0.2) is 42.5 Å². The second kappa shape index (κ2) is 9.18. The minimum atomic E-state index is -0.536. The molecule has 0 unspecified atom stereocenters. The number of ether oxygens (including phenoxy) is 3. The van der Waals surface area contributed by atoms with E-state index in [4.69, 9.17) is 19.9 Å². The van der Waals surface area contributed by atoms with E-state index in [2.05, 4.69) is 15.2 Å². The van der Waals surface area contributed by atoms with Crippen LogP contribution < -0.4 is 19.9 Å². The zero-order valence-corrected chi connectivity index (χ0v) is 15.8. The van der Waals surface area contributed by atoms with Crippen molar-refractivity contribution in [2.75, 3.05) is 13.2 Å². The van der Waals surface area contributed by atoms with Gasteiger partial charge in [0.1, 0.15) is 18.2 Å². The minimum Gasteiger partial charge on any atom is -0.490 e. The number of nitrogens with two attached hydrogens (primary N) is 1. The Kier molecular flexibility index (Phi) is 6.44. The molecular formula is C20H23FN4O3. The minimum absolute atomic E-state index is 0.166. The third kappa shape index (κ3) is 4.77. The lowest BCUT2D eigenvalue weighted by Gasteiger charge is -2.14. The Morgan fingerprint density at radius 2 is 1.71 bits per heavy atom. The van der Waals surface area contributed by atoms with Crippen LogP contribution >= 0.6 is 0 Å². The summed E-state index contributed by atoms with van der Waals surface area (Å²) >= 11 is 0. The Morgan fingerprint density at radius 3 is 2.43 bits per heavy atom. The summed E-state index contributed by atoms with van der Waals surface area (Å²) in [7, 11) is 0. The number of nitrogens with zero attached hydrogens (tertiary/aromatic N) is 2. The van der Waals surface area contributed by atoms with Gasteiger partial charge in [-0.3, -0.25) is 5.10 Å². The van der Waals surface area contributed by atoms with Crippen molar-refractivity contribution in [1.29, 1.82) is 0 Å². The predicted octanol–water partition coefficient (Wildman–Crippen LogP) is 3.37. The van der Waals surface area contributed by atoms with Crippen LogP contribution in [-0.4, -0.2) is 28.4 Å². The second-order valence-electron chi connectivity index (χ2n) is 5.93. The standard InChI is InChI=1S/C20H23FN4O3/c1-3-26-16-10-5-13(11-17(16)27-4-2)19(22)20-23-18(24-25-20)12-28-15-8-6-14(21)7-9-15/h5-11,19H,3-4,12,22H2,1-2H3,(H,23,24,25)/t19-/m0/s1. The Balaban J connectivity index is 1.70. The molecule has 3 aromatic rings. The summed E-state index contributed by atoms with van der Waals surface area (Å²) in [6.07, 6.45) is 0. The molecule has 0 bridgehead atoms. The van der Waals surface area contributed by atoms with Crippen LogP contribution in [0.25, 0.3) is 0 Å². The average molecular weight is 386 g/mol. The first-order chi connectivity index (χ1) is 13.6. The molecule has 0 aliphatic carbocycles. The first kappa shape index (κ1) is 19.6. The number of nitrogens with one attached hydrogen (secondary N) is 1. The maximum atomic E-state index is 12.9. The van der Waals surface area contributed by atoms with E-state index in [1.54, 1.807) is 12.1 Å². The maximum absolute atomic E-state index is 12.9. The van der Waals surface area contributed by atoms with Gasteiger partial charge < -0.3 is 19.9 Å². The normalized spacial score (nSPS) is 11.9. The molecule has 0 saturated heterocycles. The van der Waals surface area contributed by atoms with Crippen molar-refractivity contribution in [2.45, 2.75) is 26.5 Å². The lowest BCUT2D eigenvalue weighted by atomic mass is 10.1. The zero-order chi connectivity index (χ0) is 19.9. The van der Waals surface area contributed by atoms with Crippen LogP contribution in [0.1, 0.15) is 37.1 Å². The van der Waals surface area contributed by atoms with Gasteiger partial charge in [0.15, 0.2) is 23.1 Å². The molecule has 0 saturated carbocycles. The van der Waals surface area contributed by atoms with Crippen LogP contribution in [0.5, 0.6) is 17.2 Å². The molecule has 28 heavy (non-hydrogen) atoms. The fourth-order valence-electron chi connectivity index (χ4n) is 2.61. The molecule has 148 valence electrons. The average Bonchev–Trinajstić information content (AvgIpc) is 3.18. The monoisotopic (exact) mass is 386 g/mol. The molecule has 0 fully saturated rings. The number of hydrogen-bond acceptors (Lipinski definition) is 6. The molecule has 1 aromatic heterocycles. The van der Waals surface area contributed by atoms with Gasteiger partial charge >= 0.3 is 0 Å². The number of aromatic amines is 1. The van der Waals surface area contributed by atoms with Crippen LogP contribution in [0.3, 0.4) is 0 Å². The fraction of sp³-hybridized carbons (Fsp3) is 0.300.